The summed E-state index contributed by atoms with van der Waals surface area (Å²) in [4.78, 5) is 49.9. The normalized spacial score (nSPS) is 11.9. The fourth-order valence-electron chi connectivity index (χ4n) is 2.19. The Morgan fingerprint density at radius 3 is 2.70 bits per heavy atom. The lowest BCUT2D eigenvalue weighted by Gasteiger charge is -2.13. The van der Waals surface area contributed by atoms with Crippen LogP contribution in [0.3, 0.4) is 0 Å². The molecule has 0 bridgehead atoms. The topological polar surface area (TPSA) is 110 Å². The molecule has 0 saturated heterocycles. The molecular weight excluding hydrogens is 302 g/mol. The first-order valence-corrected chi connectivity index (χ1v) is 7.00. The van der Waals surface area contributed by atoms with E-state index in [9.17, 15) is 19.2 Å². The van der Waals surface area contributed by atoms with E-state index in [0.29, 0.717) is 10.9 Å². The molecule has 23 heavy (non-hydrogen) atoms. The van der Waals surface area contributed by atoms with Crippen molar-refractivity contribution in [3.05, 3.63) is 45.1 Å². The lowest BCUT2D eigenvalue weighted by atomic mass is 10.2. The van der Waals surface area contributed by atoms with E-state index in [4.69, 9.17) is 0 Å². The van der Waals surface area contributed by atoms with Gasteiger partial charge in [-0.3, -0.25) is 19.0 Å². The fourth-order valence-corrected chi connectivity index (χ4v) is 2.19. The molecule has 1 amide bonds. The van der Waals surface area contributed by atoms with Gasteiger partial charge in [0, 0.05) is 6.04 Å². The van der Waals surface area contributed by atoms with Crippen LogP contribution in [0.15, 0.2) is 33.9 Å². The number of ether oxygens (including phenoxy) is 1. The van der Waals surface area contributed by atoms with Crippen LogP contribution in [0, 0.1) is 0 Å². The molecule has 122 valence electrons. The van der Waals surface area contributed by atoms with Crippen molar-refractivity contribution in [2.75, 3.05) is 7.11 Å². The molecule has 1 aromatic heterocycles. The SMILES string of the molecule is COC(=O)C[C@H](C)NC(=O)Cn1c(=O)[nH]c2ccccc2c1=O. The van der Waals surface area contributed by atoms with Gasteiger partial charge in [-0.1, -0.05) is 12.1 Å². The van der Waals surface area contributed by atoms with Crippen molar-refractivity contribution in [1.82, 2.24) is 14.9 Å². The van der Waals surface area contributed by atoms with E-state index in [2.05, 4.69) is 15.0 Å². The molecule has 0 aliphatic rings. The van der Waals surface area contributed by atoms with Gasteiger partial charge in [-0.25, -0.2) is 4.79 Å². The Hall–Kier alpha value is -2.90. The molecular formula is C15H17N3O5. The quantitative estimate of drug-likeness (QED) is 0.739. The van der Waals surface area contributed by atoms with Crippen LogP contribution in [-0.4, -0.2) is 34.6 Å². The van der Waals surface area contributed by atoms with Gasteiger partial charge >= 0.3 is 11.7 Å². The average Bonchev–Trinajstić information content (AvgIpc) is 2.51. The molecule has 8 heteroatoms. The van der Waals surface area contributed by atoms with Gasteiger partial charge in [0.15, 0.2) is 0 Å². The summed E-state index contributed by atoms with van der Waals surface area (Å²) in [6.45, 7) is 1.20. The molecule has 0 saturated carbocycles. The highest BCUT2D eigenvalue weighted by Crippen LogP contribution is 2.02. The standard InChI is InChI=1S/C15H17N3O5/c1-9(7-13(20)23-2)16-12(19)8-18-14(21)10-5-3-4-6-11(10)17-15(18)22/h3-6,9H,7-8H2,1-2H3,(H,16,19)(H,17,22)/t9-/m0/s1. The molecule has 2 N–H and O–H groups in total. The molecule has 0 aliphatic carbocycles. The van der Waals surface area contributed by atoms with Crippen LogP contribution in [-0.2, 0) is 20.9 Å². The molecule has 1 atom stereocenters. The van der Waals surface area contributed by atoms with E-state index >= 15 is 0 Å². The van der Waals surface area contributed by atoms with Crippen LogP contribution in [0.2, 0.25) is 0 Å². The van der Waals surface area contributed by atoms with Crippen molar-refractivity contribution in [2.45, 2.75) is 25.9 Å². The number of amides is 1. The first-order chi connectivity index (χ1) is 10.9. The number of nitrogens with zero attached hydrogens (tertiary/aromatic N) is 1. The molecule has 8 nitrogen and oxygen atoms in total. The number of esters is 1. The predicted molar refractivity (Wildman–Crippen MR) is 83.1 cm³/mol. The third-order valence-corrected chi connectivity index (χ3v) is 3.30. The van der Waals surface area contributed by atoms with Crippen LogP contribution >= 0.6 is 0 Å². The lowest BCUT2D eigenvalue weighted by Crippen LogP contribution is -2.43. The minimum Gasteiger partial charge on any atom is -0.469 e. The first kappa shape index (κ1) is 16.5. The first-order valence-electron chi connectivity index (χ1n) is 7.00. The van der Waals surface area contributed by atoms with Gasteiger partial charge in [0.25, 0.3) is 5.56 Å². The van der Waals surface area contributed by atoms with E-state index in [1.807, 2.05) is 0 Å². The molecule has 1 heterocycles. The Labute approximate surface area is 131 Å². The van der Waals surface area contributed by atoms with E-state index in [0.717, 1.165) is 4.57 Å². The van der Waals surface area contributed by atoms with E-state index in [1.165, 1.54) is 7.11 Å². The average molecular weight is 319 g/mol. The Bertz CT molecular complexity index is 852. The van der Waals surface area contributed by atoms with Gasteiger partial charge in [0.05, 0.1) is 24.4 Å². The van der Waals surface area contributed by atoms with Crippen LogP contribution in [0.1, 0.15) is 13.3 Å². The van der Waals surface area contributed by atoms with Crippen LogP contribution in [0.5, 0.6) is 0 Å². The van der Waals surface area contributed by atoms with Crippen molar-refractivity contribution >= 4 is 22.8 Å². The van der Waals surface area contributed by atoms with Gasteiger partial charge in [0.2, 0.25) is 5.91 Å². The molecule has 0 unspecified atom stereocenters. The summed E-state index contributed by atoms with van der Waals surface area (Å²) in [6, 6.07) is 6.09. The largest absolute Gasteiger partial charge is 0.469 e. The molecule has 0 fully saturated rings. The number of methoxy groups -OCH3 is 1. The van der Waals surface area contributed by atoms with Crippen molar-refractivity contribution in [3.8, 4) is 0 Å². The van der Waals surface area contributed by atoms with Gasteiger partial charge in [-0.2, -0.15) is 0 Å². The predicted octanol–water partition coefficient (Wildman–Crippen LogP) is -0.242. The van der Waals surface area contributed by atoms with Crippen molar-refractivity contribution in [1.29, 1.82) is 0 Å². The molecule has 2 aromatic rings. The van der Waals surface area contributed by atoms with E-state index < -0.39 is 35.7 Å². The molecule has 0 radical (unpaired) electrons. The number of aromatic amines is 1. The number of aromatic nitrogens is 2. The van der Waals surface area contributed by atoms with Gasteiger partial charge in [-0.15, -0.1) is 0 Å². The number of hydrogen-bond donors (Lipinski definition) is 2. The summed E-state index contributed by atoms with van der Waals surface area (Å²) < 4.78 is 5.33. The number of benzene rings is 1. The number of carbonyl (C=O) groups is 2. The monoisotopic (exact) mass is 319 g/mol. The highest BCUT2D eigenvalue weighted by molar-refractivity contribution is 5.79. The third kappa shape index (κ3) is 3.85. The fraction of sp³-hybridized carbons (Fsp3) is 0.333. The third-order valence-electron chi connectivity index (χ3n) is 3.30. The van der Waals surface area contributed by atoms with Crippen molar-refractivity contribution in [2.24, 2.45) is 0 Å². The number of fused-ring (bicyclic) bond motifs is 1. The van der Waals surface area contributed by atoms with Crippen LogP contribution in [0.4, 0.5) is 0 Å². The second-order valence-electron chi connectivity index (χ2n) is 5.12. The van der Waals surface area contributed by atoms with Gasteiger partial charge < -0.3 is 15.0 Å². The second-order valence-corrected chi connectivity index (χ2v) is 5.12. The number of hydrogen-bond acceptors (Lipinski definition) is 5. The molecule has 2 rings (SSSR count). The highest BCUT2D eigenvalue weighted by atomic mass is 16.5. The molecule has 0 aliphatic heterocycles. The Morgan fingerprint density at radius 1 is 1.30 bits per heavy atom. The Morgan fingerprint density at radius 2 is 2.00 bits per heavy atom. The Balaban J connectivity index is 2.18. The number of H-pyrrole nitrogens is 1. The highest BCUT2D eigenvalue weighted by Gasteiger charge is 2.15. The van der Waals surface area contributed by atoms with E-state index in [-0.39, 0.29) is 6.42 Å². The zero-order valence-corrected chi connectivity index (χ0v) is 12.8. The van der Waals surface area contributed by atoms with Crippen LogP contribution < -0.4 is 16.6 Å². The summed E-state index contributed by atoms with van der Waals surface area (Å²) in [5.74, 6) is -0.997. The second kappa shape index (κ2) is 6.91. The number of para-hydroxylation sites is 1. The Kier molecular flexibility index (Phi) is 4.95. The zero-order valence-electron chi connectivity index (χ0n) is 12.8. The van der Waals surface area contributed by atoms with Gasteiger partial charge in [-0.05, 0) is 19.1 Å². The maximum absolute atomic E-state index is 12.3. The number of nitrogens with one attached hydrogen (secondary N) is 2. The summed E-state index contributed by atoms with van der Waals surface area (Å²) in [7, 11) is 1.26. The molecule has 0 spiro atoms. The summed E-state index contributed by atoms with van der Waals surface area (Å²) in [6.07, 6.45) is 0.00517. The van der Waals surface area contributed by atoms with Gasteiger partial charge in [0.1, 0.15) is 6.54 Å². The smallest absolute Gasteiger partial charge is 0.329 e. The van der Waals surface area contributed by atoms with Crippen LogP contribution in [0.25, 0.3) is 10.9 Å². The van der Waals surface area contributed by atoms with Crippen molar-refractivity contribution < 1.29 is 14.3 Å². The maximum Gasteiger partial charge on any atom is 0.329 e. The minimum absolute atomic E-state index is 0.00517. The number of carbonyl (C=O) groups excluding carboxylic acids is 2. The number of rotatable bonds is 5. The molecule has 1 aromatic carbocycles. The zero-order chi connectivity index (χ0) is 17.0. The summed E-state index contributed by atoms with van der Waals surface area (Å²) >= 11 is 0. The maximum atomic E-state index is 12.3. The lowest BCUT2D eigenvalue weighted by molar-refractivity contribution is -0.141. The summed E-state index contributed by atoms with van der Waals surface area (Å²) in [5, 5.41) is 2.87. The van der Waals surface area contributed by atoms with Crippen molar-refractivity contribution in [3.63, 3.8) is 0 Å². The minimum atomic E-state index is -0.663. The van der Waals surface area contributed by atoms with E-state index in [1.54, 1.807) is 31.2 Å². The summed E-state index contributed by atoms with van der Waals surface area (Å²) in [5.41, 5.74) is -0.789.